The molecule has 6 heterocycles. The lowest BCUT2D eigenvalue weighted by Crippen LogP contribution is -2.61. The first-order valence-corrected chi connectivity index (χ1v) is 14.8. The first-order chi connectivity index (χ1) is 19.6. The second kappa shape index (κ2) is 10.6. The summed E-state index contributed by atoms with van der Waals surface area (Å²) >= 11 is 0. The fourth-order valence-corrected chi connectivity index (χ4v) is 6.64. The van der Waals surface area contributed by atoms with Crippen LogP contribution in [0.1, 0.15) is 74.4 Å². The second-order valence-corrected chi connectivity index (χ2v) is 11.7. The molecule has 7 rings (SSSR count). The minimum atomic E-state index is -0.138. The molecule has 4 fully saturated rings. The average molecular weight is 543 g/mol. The summed E-state index contributed by atoms with van der Waals surface area (Å²) in [5.74, 6) is 7.99. The van der Waals surface area contributed by atoms with Gasteiger partial charge in [-0.25, -0.2) is 4.98 Å². The number of fused-ring (bicyclic) bond motifs is 2. The van der Waals surface area contributed by atoms with E-state index in [9.17, 15) is 4.79 Å². The van der Waals surface area contributed by atoms with Crippen molar-refractivity contribution in [3.8, 4) is 17.6 Å². The van der Waals surface area contributed by atoms with Gasteiger partial charge in [-0.3, -0.25) is 14.7 Å². The molecule has 2 aromatic rings. The highest BCUT2D eigenvalue weighted by Crippen LogP contribution is 2.51. The van der Waals surface area contributed by atoms with Crippen molar-refractivity contribution in [3.63, 3.8) is 0 Å². The van der Waals surface area contributed by atoms with Crippen molar-refractivity contribution in [1.82, 2.24) is 19.8 Å². The first-order valence-electron chi connectivity index (χ1n) is 14.8. The van der Waals surface area contributed by atoms with Crippen LogP contribution in [0.3, 0.4) is 0 Å². The van der Waals surface area contributed by atoms with E-state index in [4.69, 9.17) is 19.4 Å². The van der Waals surface area contributed by atoms with Gasteiger partial charge in [0.2, 0.25) is 0 Å². The number of anilines is 3. The molecular weight excluding hydrogens is 504 g/mol. The number of hydrogen-bond acceptors (Lipinski definition) is 8. The highest BCUT2D eigenvalue weighted by molar-refractivity contribution is 5.94. The number of piperidine rings is 1. The van der Waals surface area contributed by atoms with Gasteiger partial charge in [0.15, 0.2) is 5.75 Å². The smallest absolute Gasteiger partial charge is 0.298 e. The van der Waals surface area contributed by atoms with Crippen LogP contribution in [0.15, 0.2) is 18.3 Å². The minimum Gasteiger partial charge on any atom is -0.482 e. The number of likely N-dealkylation sites (tertiary alicyclic amines) is 2. The van der Waals surface area contributed by atoms with Crippen LogP contribution in [0, 0.1) is 11.8 Å². The van der Waals surface area contributed by atoms with Crippen LogP contribution in [0.25, 0.3) is 0 Å². The number of pyridine rings is 2. The summed E-state index contributed by atoms with van der Waals surface area (Å²) in [6.45, 7) is 10.7. The monoisotopic (exact) mass is 542 g/mol. The van der Waals surface area contributed by atoms with Crippen LogP contribution >= 0.6 is 0 Å². The molecule has 210 valence electrons. The summed E-state index contributed by atoms with van der Waals surface area (Å²) in [5, 5.41) is 3.69. The number of hydrogen-bond donors (Lipinski definition) is 1. The molecule has 1 N–H and O–H groups in total. The highest BCUT2D eigenvalue weighted by atomic mass is 16.5. The molecule has 0 unspecified atom stereocenters. The number of amides is 1. The van der Waals surface area contributed by atoms with Crippen LogP contribution in [0.5, 0.6) is 5.75 Å². The summed E-state index contributed by atoms with van der Waals surface area (Å²) in [5.41, 5.74) is 5.56. The van der Waals surface area contributed by atoms with E-state index >= 15 is 0 Å². The topological polar surface area (TPSA) is 83.1 Å². The molecule has 0 bridgehead atoms. The Balaban J connectivity index is 1.11. The molecule has 5 aliphatic rings. The lowest BCUT2D eigenvalue weighted by molar-refractivity contribution is -0.132. The van der Waals surface area contributed by atoms with Crippen molar-refractivity contribution >= 4 is 23.1 Å². The van der Waals surface area contributed by atoms with Crippen LogP contribution in [0.4, 0.5) is 17.2 Å². The van der Waals surface area contributed by atoms with Gasteiger partial charge in [0.1, 0.15) is 11.9 Å². The van der Waals surface area contributed by atoms with Crippen molar-refractivity contribution in [3.05, 3.63) is 35.3 Å². The minimum absolute atomic E-state index is 0.0485. The molecule has 1 atom stereocenters. The van der Waals surface area contributed by atoms with E-state index < -0.39 is 0 Å². The number of nitrogens with zero attached hydrogens (tertiary/aromatic N) is 5. The lowest BCUT2D eigenvalue weighted by Gasteiger charge is -2.47. The maximum Gasteiger partial charge on any atom is 0.298 e. The number of nitrogens with one attached hydrogen (secondary N) is 1. The van der Waals surface area contributed by atoms with Crippen LogP contribution in [0.2, 0.25) is 0 Å². The third kappa shape index (κ3) is 4.77. The van der Waals surface area contributed by atoms with Gasteiger partial charge in [-0.1, -0.05) is 5.92 Å². The number of carbonyl (C=O) groups is 1. The Morgan fingerprint density at radius 3 is 2.58 bits per heavy atom. The maximum atomic E-state index is 12.0. The largest absolute Gasteiger partial charge is 0.482 e. The van der Waals surface area contributed by atoms with Crippen molar-refractivity contribution in [2.24, 2.45) is 0 Å². The van der Waals surface area contributed by atoms with E-state index in [1.54, 1.807) is 6.92 Å². The Labute approximate surface area is 236 Å². The van der Waals surface area contributed by atoms with Gasteiger partial charge in [0.05, 0.1) is 30.2 Å². The van der Waals surface area contributed by atoms with Crippen molar-refractivity contribution in [2.75, 3.05) is 62.7 Å². The molecule has 2 aromatic heterocycles. The third-order valence-electron chi connectivity index (χ3n) is 9.10. The molecule has 40 heavy (non-hydrogen) atoms. The fraction of sp³-hybridized carbons (Fsp3) is 0.581. The molecule has 9 nitrogen and oxygen atoms in total. The van der Waals surface area contributed by atoms with Gasteiger partial charge in [-0.15, -0.1) is 0 Å². The zero-order valence-electron chi connectivity index (χ0n) is 23.5. The molecular formula is C31H38N6O3. The van der Waals surface area contributed by atoms with E-state index in [0.717, 1.165) is 93.8 Å². The predicted molar refractivity (Wildman–Crippen MR) is 153 cm³/mol. The Kier molecular flexibility index (Phi) is 6.76. The van der Waals surface area contributed by atoms with E-state index in [1.807, 2.05) is 11.1 Å². The van der Waals surface area contributed by atoms with Gasteiger partial charge in [-0.05, 0) is 70.7 Å². The Hall–Kier alpha value is -3.35. The van der Waals surface area contributed by atoms with Gasteiger partial charge in [0, 0.05) is 61.6 Å². The van der Waals surface area contributed by atoms with Gasteiger partial charge in [0.25, 0.3) is 5.91 Å². The Morgan fingerprint density at radius 2 is 1.85 bits per heavy atom. The molecule has 4 aliphatic heterocycles. The number of ether oxygens (including phenoxy) is 2. The molecule has 1 saturated carbocycles. The zero-order valence-corrected chi connectivity index (χ0v) is 23.5. The van der Waals surface area contributed by atoms with E-state index in [1.165, 1.54) is 24.2 Å². The molecule has 0 aromatic carbocycles. The summed E-state index contributed by atoms with van der Waals surface area (Å²) < 4.78 is 12.3. The normalized spacial score (nSPS) is 23.5. The summed E-state index contributed by atoms with van der Waals surface area (Å²) in [7, 11) is 0. The van der Waals surface area contributed by atoms with Crippen molar-refractivity contribution < 1.29 is 14.3 Å². The van der Waals surface area contributed by atoms with E-state index in [-0.39, 0.29) is 12.0 Å². The summed E-state index contributed by atoms with van der Waals surface area (Å²) in [4.78, 5) is 28.9. The fourth-order valence-electron chi connectivity index (χ4n) is 6.64. The van der Waals surface area contributed by atoms with Crippen molar-refractivity contribution in [1.29, 1.82) is 0 Å². The molecule has 0 radical (unpaired) electrons. The summed E-state index contributed by atoms with van der Waals surface area (Å²) in [6.07, 6.45) is 6.24. The quantitative estimate of drug-likeness (QED) is 0.585. The number of morpholine rings is 1. The van der Waals surface area contributed by atoms with E-state index in [0.29, 0.717) is 17.9 Å². The first kappa shape index (κ1) is 25.6. The van der Waals surface area contributed by atoms with E-state index in [2.05, 4.69) is 46.0 Å². The second-order valence-electron chi connectivity index (χ2n) is 11.7. The van der Waals surface area contributed by atoms with Crippen LogP contribution < -0.4 is 15.0 Å². The lowest BCUT2D eigenvalue weighted by atomic mass is 9.90. The van der Waals surface area contributed by atoms with Gasteiger partial charge in [-0.2, -0.15) is 0 Å². The average Bonchev–Trinajstić information content (AvgIpc) is 3.80. The molecule has 1 aliphatic carbocycles. The van der Waals surface area contributed by atoms with Gasteiger partial charge >= 0.3 is 0 Å². The molecule has 0 spiro atoms. The molecule has 3 saturated heterocycles. The summed E-state index contributed by atoms with van der Waals surface area (Å²) in [6, 6.07) is 4.78. The number of rotatable bonds is 4. The number of aromatic nitrogens is 2. The standard InChI is InChI=1S/C31H38N6O3/c1-3-4-27(38)37-18-23(19-37)35-11-8-21(9-12-35)24-17-25-30(29(33-24)22-5-6-22)40-20(2)28-26(7-10-32-31(28)34-25)36-13-15-39-16-14-36/h7,10,17,20-23H,5-6,8-9,11-16,18-19H2,1-2H3,(H,32,34)/t20-/m0/s1. The van der Waals surface area contributed by atoms with Gasteiger partial charge < -0.3 is 24.6 Å². The predicted octanol–water partition coefficient (Wildman–Crippen LogP) is 3.80. The van der Waals surface area contributed by atoms with Crippen LogP contribution in [-0.2, 0) is 9.53 Å². The van der Waals surface area contributed by atoms with Crippen molar-refractivity contribution in [2.45, 2.75) is 63.5 Å². The maximum absolute atomic E-state index is 12.0. The number of carbonyl (C=O) groups excluding carboxylic acids is 1. The highest BCUT2D eigenvalue weighted by Gasteiger charge is 2.38. The molecule has 9 heteroatoms. The molecule has 1 amide bonds. The van der Waals surface area contributed by atoms with Crippen LogP contribution in [-0.4, -0.2) is 84.2 Å². The zero-order chi connectivity index (χ0) is 27.2. The third-order valence-corrected chi connectivity index (χ3v) is 9.10. The Bertz CT molecular complexity index is 1340. The SMILES string of the molecule is CC#CC(=O)N1CC(N2CCC(c3cc4c(c(C5CC5)n3)O[C@@H](C)c3c(N5CCOCC5)ccnc3N4)CC2)C1. The Morgan fingerprint density at radius 1 is 1.07 bits per heavy atom.